The lowest BCUT2D eigenvalue weighted by Gasteiger charge is -1.93. The largest absolute Gasteiger partial charge is 0.384 e. The minimum Gasteiger partial charge on any atom is -0.384 e. The van der Waals surface area contributed by atoms with E-state index in [-0.39, 0.29) is 5.82 Å². The lowest BCUT2D eigenvalue weighted by Crippen LogP contribution is -1.88. The van der Waals surface area contributed by atoms with Crippen LogP contribution in [0.3, 0.4) is 0 Å². The minimum atomic E-state index is -0.382. The van der Waals surface area contributed by atoms with E-state index >= 15 is 0 Å². The van der Waals surface area contributed by atoms with Gasteiger partial charge in [-0.15, -0.1) is 0 Å². The predicted octanol–water partition coefficient (Wildman–Crippen LogP) is 1.74. The summed E-state index contributed by atoms with van der Waals surface area (Å²) in [5.74, 6) is 0.563. The minimum absolute atomic E-state index is 0.382. The van der Waals surface area contributed by atoms with E-state index < -0.39 is 0 Å². The molecule has 3 aromatic rings. The second kappa shape index (κ2) is 3.51. The van der Waals surface area contributed by atoms with Crippen molar-refractivity contribution < 1.29 is 4.39 Å². The summed E-state index contributed by atoms with van der Waals surface area (Å²) in [6, 6.07) is 6.35. The number of nitrogens with zero attached hydrogens (tertiary/aromatic N) is 3. The Labute approximate surface area is 95.5 Å². The van der Waals surface area contributed by atoms with E-state index in [1.165, 1.54) is 6.07 Å². The predicted molar refractivity (Wildman–Crippen MR) is 61.5 cm³/mol. The van der Waals surface area contributed by atoms with Crippen molar-refractivity contribution in [3.63, 3.8) is 0 Å². The lowest BCUT2D eigenvalue weighted by atomic mass is 10.3. The Bertz CT molecular complexity index is 674. The molecule has 0 aliphatic rings. The van der Waals surface area contributed by atoms with E-state index in [2.05, 4.69) is 19.9 Å². The van der Waals surface area contributed by atoms with Crippen molar-refractivity contribution in [1.29, 1.82) is 0 Å². The van der Waals surface area contributed by atoms with Crippen molar-refractivity contribution in [1.82, 2.24) is 19.9 Å². The number of hydrogen-bond donors (Lipinski definition) is 2. The van der Waals surface area contributed by atoms with Gasteiger partial charge in [0.05, 0.1) is 11.7 Å². The number of H-pyrrole nitrogens is 1. The van der Waals surface area contributed by atoms with Gasteiger partial charge < -0.3 is 10.7 Å². The summed E-state index contributed by atoms with van der Waals surface area (Å²) in [7, 11) is 0. The molecule has 0 spiro atoms. The van der Waals surface area contributed by atoms with Gasteiger partial charge in [-0.05, 0) is 24.3 Å². The fourth-order valence-corrected chi connectivity index (χ4v) is 1.54. The molecule has 6 heteroatoms. The van der Waals surface area contributed by atoms with Gasteiger partial charge >= 0.3 is 0 Å². The maximum Gasteiger partial charge on any atom is 0.180 e. The molecule has 0 atom stereocenters. The van der Waals surface area contributed by atoms with Crippen LogP contribution in [-0.2, 0) is 0 Å². The third kappa shape index (κ3) is 1.69. The van der Waals surface area contributed by atoms with E-state index in [0.29, 0.717) is 23.0 Å². The van der Waals surface area contributed by atoms with Crippen LogP contribution in [0.25, 0.3) is 22.7 Å². The first kappa shape index (κ1) is 9.71. The van der Waals surface area contributed by atoms with Crippen molar-refractivity contribution in [3.8, 4) is 11.5 Å². The molecule has 5 nitrogen and oxygen atoms in total. The fourth-order valence-electron chi connectivity index (χ4n) is 1.54. The smallest absolute Gasteiger partial charge is 0.180 e. The Morgan fingerprint density at radius 2 is 2.00 bits per heavy atom. The van der Waals surface area contributed by atoms with Gasteiger partial charge in [-0.25, -0.2) is 19.3 Å². The highest BCUT2D eigenvalue weighted by molar-refractivity contribution is 5.76. The molecule has 3 rings (SSSR count). The topological polar surface area (TPSA) is 80.5 Å². The maximum absolute atomic E-state index is 12.7. The molecule has 0 aliphatic carbocycles. The highest BCUT2D eigenvalue weighted by Gasteiger charge is 2.07. The van der Waals surface area contributed by atoms with Gasteiger partial charge in [-0.1, -0.05) is 0 Å². The molecule has 0 fully saturated rings. The number of anilines is 1. The highest BCUT2D eigenvalue weighted by atomic mass is 19.1. The van der Waals surface area contributed by atoms with E-state index in [0.717, 1.165) is 11.7 Å². The van der Waals surface area contributed by atoms with Crippen LogP contribution in [0.15, 0.2) is 30.5 Å². The molecular weight excluding hydrogens is 221 g/mol. The number of hydrogen-bond acceptors (Lipinski definition) is 4. The molecule has 3 aromatic heterocycles. The molecule has 0 saturated carbocycles. The van der Waals surface area contributed by atoms with Gasteiger partial charge in [-0.3, -0.25) is 0 Å². The molecule has 17 heavy (non-hydrogen) atoms. The molecule has 3 N–H and O–H groups in total. The Hall–Kier alpha value is -2.50. The summed E-state index contributed by atoms with van der Waals surface area (Å²) in [5, 5.41) is 0. The van der Waals surface area contributed by atoms with Crippen LogP contribution in [0.4, 0.5) is 10.2 Å². The molecule has 3 heterocycles. The Morgan fingerprint density at radius 3 is 2.76 bits per heavy atom. The normalized spacial score (nSPS) is 10.9. The number of fused-ring (bicyclic) bond motifs is 1. The molecule has 0 saturated heterocycles. The molecule has 0 aromatic carbocycles. The summed E-state index contributed by atoms with van der Waals surface area (Å²) < 4.78 is 12.7. The summed E-state index contributed by atoms with van der Waals surface area (Å²) in [4.78, 5) is 15.3. The van der Waals surface area contributed by atoms with Crippen molar-refractivity contribution in [2.45, 2.75) is 0 Å². The molecule has 0 radical (unpaired) electrons. The van der Waals surface area contributed by atoms with E-state index in [1.54, 1.807) is 18.2 Å². The van der Waals surface area contributed by atoms with E-state index in [4.69, 9.17) is 5.73 Å². The zero-order valence-electron chi connectivity index (χ0n) is 8.68. The molecule has 84 valence electrons. The van der Waals surface area contributed by atoms with Gasteiger partial charge in [0.15, 0.2) is 11.5 Å². The number of aromatic amines is 1. The summed E-state index contributed by atoms with van der Waals surface area (Å²) in [5.41, 5.74) is 7.40. The SMILES string of the molecule is Nc1ccc2[nH]c(-c3ccc(F)cn3)nc2n1. The van der Waals surface area contributed by atoms with Crippen LogP contribution in [-0.4, -0.2) is 19.9 Å². The second-order valence-electron chi connectivity index (χ2n) is 3.55. The third-order valence-electron chi connectivity index (χ3n) is 2.34. The molecule has 0 amide bonds. The van der Waals surface area contributed by atoms with Gasteiger partial charge in [0.2, 0.25) is 0 Å². The number of imidazole rings is 1. The quantitative estimate of drug-likeness (QED) is 0.666. The number of nitrogens with one attached hydrogen (secondary N) is 1. The monoisotopic (exact) mass is 229 g/mol. The second-order valence-corrected chi connectivity index (χ2v) is 3.55. The van der Waals surface area contributed by atoms with Gasteiger partial charge in [0, 0.05) is 0 Å². The first-order chi connectivity index (χ1) is 8.22. The van der Waals surface area contributed by atoms with E-state index in [9.17, 15) is 4.39 Å². The summed E-state index contributed by atoms with van der Waals surface area (Å²) in [6.45, 7) is 0. The zero-order chi connectivity index (χ0) is 11.8. The molecule has 0 aliphatic heterocycles. The van der Waals surface area contributed by atoms with Crippen LogP contribution in [0.2, 0.25) is 0 Å². The first-order valence-electron chi connectivity index (χ1n) is 4.96. The molecular formula is C11H8FN5. The van der Waals surface area contributed by atoms with Crippen LogP contribution < -0.4 is 5.73 Å². The van der Waals surface area contributed by atoms with Gasteiger partial charge in [0.1, 0.15) is 17.3 Å². The average molecular weight is 229 g/mol. The van der Waals surface area contributed by atoms with Gasteiger partial charge in [0.25, 0.3) is 0 Å². The third-order valence-corrected chi connectivity index (χ3v) is 2.34. The van der Waals surface area contributed by atoms with Crippen LogP contribution >= 0.6 is 0 Å². The van der Waals surface area contributed by atoms with Crippen LogP contribution in [0.1, 0.15) is 0 Å². The van der Waals surface area contributed by atoms with Crippen LogP contribution in [0.5, 0.6) is 0 Å². The lowest BCUT2D eigenvalue weighted by molar-refractivity contribution is 0.621. The summed E-state index contributed by atoms with van der Waals surface area (Å²) in [6.07, 6.45) is 1.14. The number of nitrogens with two attached hydrogens (primary N) is 1. The van der Waals surface area contributed by atoms with Crippen molar-refractivity contribution in [2.75, 3.05) is 5.73 Å². The molecule has 0 bridgehead atoms. The fraction of sp³-hybridized carbons (Fsp3) is 0. The van der Waals surface area contributed by atoms with Crippen molar-refractivity contribution in [3.05, 3.63) is 36.3 Å². The Morgan fingerprint density at radius 1 is 1.12 bits per heavy atom. The Kier molecular flexibility index (Phi) is 2.01. The Balaban J connectivity index is 2.14. The number of pyridine rings is 2. The molecule has 0 unspecified atom stereocenters. The van der Waals surface area contributed by atoms with Crippen molar-refractivity contribution >= 4 is 17.0 Å². The van der Waals surface area contributed by atoms with E-state index in [1.807, 2.05) is 0 Å². The van der Waals surface area contributed by atoms with Gasteiger partial charge in [-0.2, -0.15) is 0 Å². The van der Waals surface area contributed by atoms with Crippen LogP contribution in [0, 0.1) is 5.82 Å². The number of nitrogen functional groups attached to an aromatic ring is 1. The maximum atomic E-state index is 12.7. The number of aromatic nitrogens is 4. The number of halogens is 1. The number of rotatable bonds is 1. The average Bonchev–Trinajstić information content (AvgIpc) is 2.72. The highest BCUT2D eigenvalue weighted by Crippen LogP contribution is 2.18. The first-order valence-corrected chi connectivity index (χ1v) is 4.96. The zero-order valence-corrected chi connectivity index (χ0v) is 8.68. The summed E-state index contributed by atoms with van der Waals surface area (Å²) >= 11 is 0. The van der Waals surface area contributed by atoms with Crippen molar-refractivity contribution in [2.24, 2.45) is 0 Å². The standard InChI is InChI=1S/C11H8FN5/c12-6-1-2-7(14-5-6)10-15-8-3-4-9(13)16-11(8)17-10/h1-5H,(H3,13,15,16,17).